The van der Waals surface area contributed by atoms with E-state index in [2.05, 4.69) is 4.85 Å². The van der Waals surface area contributed by atoms with Crippen molar-refractivity contribution in [2.45, 2.75) is 12.3 Å². The molecule has 23 heavy (non-hydrogen) atoms. The highest BCUT2D eigenvalue weighted by Gasteiger charge is 2.28. The Labute approximate surface area is 151 Å². The van der Waals surface area contributed by atoms with Crippen molar-refractivity contribution in [3.63, 3.8) is 0 Å². The number of carbonyl (C=O) groups excluding carboxylic acids is 1. The topological polar surface area (TPSA) is 21.4 Å². The lowest BCUT2D eigenvalue weighted by Gasteiger charge is -2.16. The first-order valence-corrected chi connectivity index (χ1v) is 8.17. The van der Waals surface area contributed by atoms with Crippen LogP contribution < -0.4 is 0 Å². The summed E-state index contributed by atoms with van der Waals surface area (Å²) in [6.45, 7) is 6.94. The minimum absolute atomic E-state index is 0.0457. The average molecular weight is 446 g/mol. The molecule has 1 unspecified atom stereocenters. The van der Waals surface area contributed by atoms with Crippen LogP contribution in [0.25, 0.3) is 4.85 Å². The highest BCUT2D eigenvalue weighted by molar-refractivity contribution is 14.1. The maximum atomic E-state index is 14.2. The van der Waals surface area contributed by atoms with Crippen LogP contribution in [0.15, 0.2) is 36.4 Å². The highest BCUT2D eigenvalue weighted by Crippen LogP contribution is 2.30. The Morgan fingerprint density at radius 3 is 2.70 bits per heavy atom. The fraction of sp³-hybridized carbons (Fsp3) is 0.176. The number of nitrogens with zero attached hydrogens (tertiary/aromatic N) is 1. The second-order valence-electron chi connectivity index (χ2n) is 4.85. The Kier molecular flexibility index (Phi) is 6.08. The molecule has 0 spiro atoms. The van der Waals surface area contributed by atoms with Crippen LogP contribution in [-0.2, 0) is 0 Å². The van der Waals surface area contributed by atoms with E-state index in [0.29, 0.717) is 3.57 Å². The summed E-state index contributed by atoms with van der Waals surface area (Å²) in [5, 5.41) is 0.211. The molecule has 0 aromatic heterocycles. The zero-order chi connectivity index (χ0) is 17.0. The Morgan fingerprint density at radius 2 is 2.04 bits per heavy atom. The van der Waals surface area contributed by atoms with Crippen LogP contribution in [0.4, 0.5) is 8.78 Å². The summed E-state index contributed by atoms with van der Waals surface area (Å²) in [4.78, 5) is 15.9. The third-order valence-electron chi connectivity index (χ3n) is 3.40. The summed E-state index contributed by atoms with van der Waals surface area (Å²) in [6.07, 6.45) is 0.117. The molecule has 0 aliphatic rings. The molecule has 118 valence electrons. The van der Waals surface area contributed by atoms with E-state index in [1.807, 2.05) is 0 Å². The molecule has 2 aromatic carbocycles. The number of hydrogen-bond acceptors (Lipinski definition) is 1. The van der Waals surface area contributed by atoms with Gasteiger partial charge >= 0.3 is 0 Å². The SMILES string of the molecule is [C-]#[N+]CCC(C(=O)c1cccc(I)c1F)c1ccc(Cl)cc1F. The number of hydrogen-bond donors (Lipinski definition) is 0. The third-order valence-corrected chi connectivity index (χ3v) is 4.47. The molecule has 0 heterocycles. The lowest BCUT2D eigenvalue weighted by Crippen LogP contribution is -2.17. The van der Waals surface area contributed by atoms with Crippen molar-refractivity contribution in [1.82, 2.24) is 0 Å². The highest BCUT2D eigenvalue weighted by atomic mass is 127. The molecule has 0 N–H and O–H groups in total. The molecule has 0 aliphatic heterocycles. The maximum Gasteiger partial charge on any atom is 0.215 e. The summed E-state index contributed by atoms with van der Waals surface area (Å²) in [5.74, 6) is -2.72. The number of rotatable bonds is 5. The van der Waals surface area contributed by atoms with Crippen molar-refractivity contribution in [2.24, 2.45) is 0 Å². The molecule has 0 bridgehead atoms. The molecular formula is C17H11ClF2INO. The summed E-state index contributed by atoms with van der Waals surface area (Å²) in [5.41, 5.74) is 0.0301. The molecule has 0 saturated carbocycles. The number of benzene rings is 2. The lowest BCUT2D eigenvalue weighted by molar-refractivity contribution is 0.0951. The molecule has 2 rings (SSSR count). The van der Waals surface area contributed by atoms with Gasteiger partial charge in [-0.15, -0.1) is 0 Å². The van der Waals surface area contributed by atoms with E-state index in [4.69, 9.17) is 18.2 Å². The van der Waals surface area contributed by atoms with E-state index in [1.54, 1.807) is 34.7 Å². The van der Waals surface area contributed by atoms with Crippen LogP contribution in [0.1, 0.15) is 28.3 Å². The molecule has 0 fully saturated rings. The first-order valence-electron chi connectivity index (χ1n) is 6.72. The molecular weight excluding hydrogens is 435 g/mol. The number of Topliss-reactive ketones (excluding diaryl/α,β-unsaturated/α-hetero) is 1. The smallest absolute Gasteiger partial charge is 0.215 e. The predicted octanol–water partition coefficient (Wildman–Crippen LogP) is 5.50. The van der Waals surface area contributed by atoms with E-state index in [1.165, 1.54) is 18.2 Å². The molecule has 0 aliphatic carbocycles. The number of carbonyl (C=O) groups is 1. The van der Waals surface area contributed by atoms with E-state index in [-0.39, 0.29) is 29.1 Å². The quantitative estimate of drug-likeness (QED) is 0.338. The Bertz CT molecular complexity index is 789. The van der Waals surface area contributed by atoms with Gasteiger partial charge in [-0.2, -0.15) is 0 Å². The van der Waals surface area contributed by atoms with Gasteiger partial charge in [0.2, 0.25) is 6.54 Å². The van der Waals surface area contributed by atoms with Crippen molar-refractivity contribution >= 4 is 40.0 Å². The standard InChI is InChI=1S/C17H11ClF2INO/c1-22-8-7-12(11-6-5-10(18)9-14(11)19)17(23)13-3-2-4-15(21)16(13)20/h2-6,9,12H,7-8H2. The second-order valence-corrected chi connectivity index (χ2v) is 6.45. The van der Waals surface area contributed by atoms with Gasteiger partial charge in [0, 0.05) is 15.0 Å². The first kappa shape index (κ1) is 17.8. The summed E-state index contributed by atoms with van der Waals surface area (Å²) in [6, 6.07) is 8.49. The fourth-order valence-electron chi connectivity index (χ4n) is 2.29. The minimum Gasteiger partial charge on any atom is -0.317 e. The van der Waals surface area contributed by atoms with Crippen LogP contribution in [0.3, 0.4) is 0 Å². The number of halogens is 4. The van der Waals surface area contributed by atoms with E-state index in [0.717, 1.165) is 6.07 Å². The van der Waals surface area contributed by atoms with Gasteiger partial charge in [0.15, 0.2) is 5.78 Å². The Balaban J connectivity index is 2.48. The van der Waals surface area contributed by atoms with E-state index in [9.17, 15) is 13.6 Å². The van der Waals surface area contributed by atoms with Gasteiger partial charge in [0.25, 0.3) is 0 Å². The van der Waals surface area contributed by atoms with Gasteiger partial charge in [0.1, 0.15) is 11.6 Å². The molecule has 0 saturated heterocycles. The van der Waals surface area contributed by atoms with Crippen molar-refractivity contribution in [1.29, 1.82) is 0 Å². The van der Waals surface area contributed by atoms with E-state index < -0.39 is 23.3 Å². The summed E-state index contributed by atoms with van der Waals surface area (Å²) in [7, 11) is 0. The Morgan fingerprint density at radius 1 is 1.30 bits per heavy atom. The largest absolute Gasteiger partial charge is 0.317 e. The van der Waals surface area contributed by atoms with Crippen molar-refractivity contribution < 1.29 is 13.6 Å². The maximum absolute atomic E-state index is 14.2. The van der Waals surface area contributed by atoms with Crippen molar-refractivity contribution in [3.8, 4) is 0 Å². The van der Waals surface area contributed by atoms with Crippen LogP contribution in [-0.4, -0.2) is 12.3 Å². The van der Waals surface area contributed by atoms with Crippen LogP contribution >= 0.6 is 34.2 Å². The van der Waals surface area contributed by atoms with Crippen LogP contribution in [0.5, 0.6) is 0 Å². The predicted molar refractivity (Wildman–Crippen MR) is 93.7 cm³/mol. The summed E-state index contributed by atoms with van der Waals surface area (Å²) < 4.78 is 28.7. The number of ketones is 1. The molecule has 2 aromatic rings. The van der Waals surface area contributed by atoms with Gasteiger partial charge < -0.3 is 4.85 Å². The molecule has 0 amide bonds. The molecule has 0 radical (unpaired) electrons. The fourth-order valence-corrected chi connectivity index (χ4v) is 2.94. The first-order chi connectivity index (χ1) is 11.0. The van der Waals surface area contributed by atoms with Gasteiger partial charge in [-0.1, -0.05) is 23.7 Å². The molecule has 6 heteroatoms. The van der Waals surface area contributed by atoms with Crippen molar-refractivity contribution in [2.75, 3.05) is 6.54 Å². The van der Waals surface area contributed by atoms with Gasteiger partial charge in [-0.3, -0.25) is 4.79 Å². The molecule has 1 atom stereocenters. The summed E-state index contributed by atoms with van der Waals surface area (Å²) >= 11 is 7.53. The monoisotopic (exact) mass is 445 g/mol. The van der Waals surface area contributed by atoms with Gasteiger partial charge in [0.05, 0.1) is 11.5 Å². The van der Waals surface area contributed by atoms with E-state index >= 15 is 0 Å². The van der Waals surface area contributed by atoms with Crippen molar-refractivity contribution in [3.05, 3.63) is 79.2 Å². The lowest BCUT2D eigenvalue weighted by atomic mass is 9.87. The zero-order valence-electron chi connectivity index (χ0n) is 11.8. The van der Waals surface area contributed by atoms with Gasteiger partial charge in [-0.05, 0) is 52.4 Å². The third kappa shape index (κ3) is 4.06. The van der Waals surface area contributed by atoms with Gasteiger partial charge in [-0.25, -0.2) is 15.4 Å². The average Bonchev–Trinajstić information content (AvgIpc) is 2.51. The van der Waals surface area contributed by atoms with Crippen LogP contribution in [0.2, 0.25) is 5.02 Å². The second kappa shape index (κ2) is 7.84. The van der Waals surface area contributed by atoms with Crippen LogP contribution in [0, 0.1) is 21.8 Å². The Hall–Kier alpha value is -1.52. The zero-order valence-corrected chi connectivity index (χ0v) is 14.7. The molecule has 2 nitrogen and oxygen atoms in total. The normalized spacial score (nSPS) is 11.8. The minimum atomic E-state index is -0.922.